The summed E-state index contributed by atoms with van der Waals surface area (Å²) in [5.74, 6) is 0. The maximum Gasteiger partial charge on any atom is 0.490 e. The molecule has 3 unspecified atom stereocenters. The van der Waals surface area contributed by atoms with Crippen LogP contribution in [0, 0.1) is 0 Å². The van der Waals surface area contributed by atoms with E-state index in [1.54, 1.807) is 0 Å². The van der Waals surface area contributed by atoms with Crippen molar-refractivity contribution in [1.82, 2.24) is 0 Å². The topological polar surface area (TPSA) is 210 Å². The minimum Gasteiger partial charge on any atom is -0.387 e. The zero-order valence-corrected chi connectivity index (χ0v) is 15.4. The van der Waals surface area contributed by atoms with Gasteiger partial charge in [-0.15, -0.1) is 0 Å². The first-order chi connectivity index (χ1) is 10.4. The number of ether oxygens (including phenoxy) is 1. The van der Waals surface area contributed by atoms with E-state index in [0.717, 1.165) is 0 Å². The van der Waals surface area contributed by atoms with E-state index in [-0.39, 0.29) is 0 Å². The van der Waals surface area contributed by atoms with Gasteiger partial charge in [0.2, 0.25) is 0 Å². The van der Waals surface area contributed by atoms with Gasteiger partial charge in [0, 0.05) is 0 Å². The second-order valence-corrected chi connectivity index (χ2v) is 10.2. The lowest BCUT2D eigenvalue weighted by Crippen LogP contribution is -2.44. The molecule has 0 saturated carbocycles. The fraction of sp³-hybridized carbons (Fsp3) is 1.00. The third-order valence-electron chi connectivity index (χ3n) is 3.06. The van der Waals surface area contributed by atoms with Gasteiger partial charge >= 0.3 is 23.5 Å². The van der Waals surface area contributed by atoms with Crippen LogP contribution in [0.15, 0.2) is 0 Å². The Morgan fingerprint density at radius 2 is 1.42 bits per heavy atom. The Balaban J connectivity index is 2.77. The highest BCUT2D eigenvalue weighted by Gasteiger charge is 2.56. The summed E-state index contributed by atoms with van der Waals surface area (Å²) in [7, 11) is -16.4. The number of phosphoric acid groups is 3. The van der Waals surface area contributed by atoms with E-state index in [2.05, 4.69) is 13.1 Å². The average molecular weight is 416 g/mol. The third kappa shape index (κ3) is 5.93. The van der Waals surface area contributed by atoms with Gasteiger partial charge in [0.15, 0.2) is 0 Å². The molecule has 6 N–H and O–H groups in total. The lowest BCUT2D eigenvalue weighted by atomic mass is 9.93. The van der Waals surface area contributed by atoms with Crippen LogP contribution in [-0.2, 0) is 31.6 Å². The first-order valence-corrected chi connectivity index (χ1v) is 10.8. The van der Waals surface area contributed by atoms with Crippen molar-refractivity contribution < 1.29 is 61.4 Å². The average Bonchev–Trinajstić information content (AvgIpc) is 2.43. The van der Waals surface area contributed by atoms with E-state index < -0.39 is 53.5 Å². The molecule has 24 heavy (non-hydrogen) atoms. The molecule has 144 valence electrons. The Morgan fingerprint density at radius 3 is 1.79 bits per heavy atom. The van der Waals surface area contributed by atoms with E-state index in [1.807, 2.05) is 0 Å². The van der Waals surface area contributed by atoms with Crippen molar-refractivity contribution in [2.75, 3.05) is 6.61 Å². The molecule has 5 atom stereocenters. The van der Waals surface area contributed by atoms with Gasteiger partial charge in [-0.2, -0.15) is 8.62 Å². The second-order valence-electron chi connectivity index (χ2n) is 5.77. The van der Waals surface area contributed by atoms with Crippen molar-refractivity contribution in [3.05, 3.63) is 0 Å². The second kappa shape index (κ2) is 6.79. The van der Waals surface area contributed by atoms with Crippen molar-refractivity contribution in [2.24, 2.45) is 0 Å². The normalized spacial score (nSPS) is 35.4. The fourth-order valence-corrected chi connectivity index (χ4v) is 5.18. The quantitative estimate of drug-likeness (QED) is 0.293. The highest BCUT2D eigenvalue weighted by molar-refractivity contribution is 7.66. The molecule has 0 aliphatic carbocycles. The molecular weight excluding hydrogens is 397 g/mol. The Kier molecular flexibility index (Phi) is 6.32. The number of hydrogen-bond donors (Lipinski definition) is 6. The monoisotopic (exact) mass is 416 g/mol. The lowest BCUT2D eigenvalue weighted by Gasteiger charge is -2.29. The summed E-state index contributed by atoms with van der Waals surface area (Å²) in [4.78, 5) is 35.2. The van der Waals surface area contributed by atoms with Crippen molar-refractivity contribution in [3.8, 4) is 0 Å². The van der Waals surface area contributed by atoms with Crippen LogP contribution >= 0.6 is 23.5 Å². The fourth-order valence-electron chi connectivity index (χ4n) is 2.06. The molecule has 1 fully saturated rings. The first kappa shape index (κ1) is 22.3. The summed E-state index contributed by atoms with van der Waals surface area (Å²) in [6, 6.07) is 0. The molecule has 1 aliphatic rings. The molecule has 1 heterocycles. The van der Waals surface area contributed by atoms with Crippen LogP contribution in [0.4, 0.5) is 0 Å². The number of phosphoric ester groups is 1. The van der Waals surface area contributed by atoms with Gasteiger partial charge in [0.25, 0.3) is 0 Å². The lowest BCUT2D eigenvalue weighted by molar-refractivity contribution is -0.125. The molecule has 0 bridgehead atoms. The van der Waals surface area contributed by atoms with E-state index in [4.69, 9.17) is 19.4 Å². The number of aliphatic hydroxyl groups excluding tert-OH is 2. The Bertz CT molecular complexity index is 612. The van der Waals surface area contributed by atoms with Gasteiger partial charge in [0.1, 0.15) is 17.8 Å². The molecular formula is C8H19O13P3. The van der Waals surface area contributed by atoms with Crippen molar-refractivity contribution >= 4 is 23.5 Å². The minimum atomic E-state index is -5.63. The highest BCUT2D eigenvalue weighted by Crippen LogP contribution is 2.66. The molecule has 0 spiro atoms. The van der Waals surface area contributed by atoms with E-state index in [1.165, 1.54) is 20.8 Å². The molecule has 0 amide bonds. The zero-order chi connectivity index (χ0) is 19.2. The summed E-state index contributed by atoms with van der Waals surface area (Å²) < 4.78 is 50.1. The first-order valence-electron chi connectivity index (χ1n) is 6.24. The van der Waals surface area contributed by atoms with Crippen molar-refractivity contribution in [1.29, 1.82) is 0 Å². The van der Waals surface area contributed by atoms with Gasteiger partial charge in [0.05, 0.1) is 12.2 Å². The van der Waals surface area contributed by atoms with Gasteiger partial charge in [-0.1, -0.05) is 0 Å². The Morgan fingerprint density at radius 1 is 0.917 bits per heavy atom. The zero-order valence-electron chi connectivity index (χ0n) is 12.7. The van der Waals surface area contributed by atoms with Crippen LogP contribution < -0.4 is 0 Å². The number of hydrogen-bond acceptors (Lipinski definition) is 9. The Hall–Kier alpha value is 0.290. The Labute approximate surface area is 136 Å². The molecule has 0 aromatic rings. The predicted molar refractivity (Wildman–Crippen MR) is 75.4 cm³/mol. The van der Waals surface area contributed by atoms with Crippen LogP contribution in [0.1, 0.15) is 20.8 Å². The largest absolute Gasteiger partial charge is 0.490 e. The van der Waals surface area contributed by atoms with Gasteiger partial charge in [-0.25, -0.2) is 13.7 Å². The molecule has 0 aromatic carbocycles. The van der Waals surface area contributed by atoms with Crippen LogP contribution in [0.5, 0.6) is 0 Å². The van der Waals surface area contributed by atoms with Gasteiger partial charge in [-0.3, -0.25) is 4.52 Å². The standard InChI is InChI=1S/C8H19O13P3/c1-7(2)5(9)6(10)8(3,19-7)4-18-23(14,15)21-24(16,17)20-22(11,12)13/h5-6,9-10H,4H2,1-3H3,(H,14,15)(H,16,17)(H2,11,12,13)/t5-,6?,8+/m0/s1. The van der Waals surface area contributed by atoms with Gasteiger partial charge in [-0.05, 0) is 20.8 Å². The molecule has 0 radical (unpaired) electrons. The summed E-state index contributed by atoms with van der Waals surface area (Å²) in [6.07, 6.45) is -2.88. The minimum absolute atomic E-state index is 0.863. The van der Waals surface area contributed by atoms with E-state index in [0.29, 0.717) is 0 Å². The third-order valence-corrected chi connectivity index (χ3v) is 6.85. The smallest absolute Gasteiger partial charge is 0.387 e. The van der Waals surface area contributed by atoms with E-state index in [9.17, 15) is 28.8 Å². The summed E-state index contributed by atoms with van der Waals surface area (Å²) in [6.45, 7) is 3.26. The van der Waals surface area contributed by atoms with Crippen molar-refractivity contribution in [3.63, 3.8) is 0 Å². The summed E-state index contributed by atoms with van der Waals surface area (Å²) in [5, 5.41) is 19.8. The summed E-state index contributed by atoms with van der Waals surface area (Å²) >= 11 is 0. The molecule has 1 aliphatic heterocycles. The number of rotatable bonds is 7. The predicted octanol–water partition coefficient (Wildman–Crippen LogP) is -0.381. The molecule has 1 rings (SSSR count). The maximum atomic E-state index is 11.6. The maximum absolute atomic E-state index is 11.6. The van der Waals surface area contributed by atoms with Crippen LogP contribution in [-0.4, -0.2) is 59.8 Å². The van der Waals surface area contributed by atoms with Crippen LogP contribution in [0.3, 0.4) is 0 Å². The molecule has 0 aromatic heterocycles. The highest BCUT2D eigenvalue weighted by atomic mass is 31.3. The molecule has 13 nitrogen and oxygen atoms in total. The molecule has 16 heteroatoms. The van der Waals surface area contributed by atoms with Crippen LogP contribution in [0.25, 0.3) is 0 Å². The van der Waals surface area contributed by atoms with Crippen molar-refractivity contribution in [2.45, 2.75) is 44.2 Å². The van der Waals surface area contributed by atoms with E-state index >= 15 is 0 Å². The SMILES string of the molecule is CC1(C)O[C@](C)(COP(=O)(O)OP(=O)(O)OP(=O)(O)O)C(O)[C@@H]1O. The van der Waals surface area contributed by atoms with Gasteiger partial charge < -0.3 is 34.5 Å². The summed E-state index contributed by atoms with van der Waals surface area (Å²) in [5.41, 5.74) is -2.89. The molecule has 1 saturated heterocycles. The number of aliphatic hydroxyl groups is 2. The van der Waals surface area contributed by atoms with Crippen LogP contribution in [0.2, 0.25) is 0 Å².